The summed E-state index contributed by atoms with van der Waals surface area (Å²) in [6.45, 7) is 2.95. The third kappa shape index (κ3) is 3.05. The van der Waals surface area contributed by atoms with Crippen molar-refractivity contribution in [1.82, 2.24) is 4.90 Å². The third-order valence-electron chi connectivity index (χ3n) is 3.28. The molecular weight excluding hydrogens is 235 g/mol. The molecule has 5 heteroatoms. The SMILES string of the molecule is NCc1cc(CN2CCOCC2CO)ccc1F. The number of nitrogens with two attached hydrogens (primary N) is 1. The van der Waals surface area contributed by atoms with Gasteiger partial charge in [-0.2, -0.15) is 0 Å². The molecule has 1 aliphatic rings. The fourth-order valence-electron chi connectivity index (χ4n) is 2.18. The molecule has 0 saturated carbocycles. The molecule has 3 N–H and O–H groups in total. The number of hydrogen-bond donors (Lipinski definition) is 2. The number of benzene rings is 1. The first-order chi connectivity index (χ1) is 8.74. The van der Waals surface area contributed by atoms with Crippen LogP contribution in [0.2, 0.25) is 0 Å². The van der Waals surface area contributed by atoms with Crippen molar-refractivity contribution in [2.24, 2.45) is 5.73 Å². The van der Waals surface area contributed by atoms with E-state index < -0.39 is 0 Å². The second-order valence-corrected chi connectivity index (χ2v) is 4.51. The van der Waals surface area contributed by atoms with Crippen LogP contribution in [0.15, 0.2) is 18.2 Å². The van der Waals surface area contributed by atoms with Crippen molar-refractivity contribution in [3.63, 3.8) is 0 Å². The van der Waals surface area contributed by atoms with Crippen LogP contribution < -0.4 is 5.73 Å². The highest BCUT2D eigenvalue weighted by molar-refractivity contribution is 5.25. The van der Waals surface area contributed by atoms with Gasteiger partial charge < -0.3 is 15.6 Å². The fraction of sp³-hybridized carbons (Fsp3) is 0.538. The first kappa shape index (κ1) is 13.4. The maximum absolute atomic E-state index is 13.3. The number of aliphatic hydroxyl groups excluding tert-OH is 1. The van der Waals surface area contributed by atoms with Gasteiger partial charge in [-0.15, -0.1) is 0 Å². The highest BCUT2D eigenvalue weighted by Gasteiger charge is 2.22. The Bertz CT molecular complexity index is 401. The Kier molecular flexibility index (Phi) is 4.66. The molecule has 0 aromatic heterocycles. The van der Waals surface area contributed by atoms with Crippen LogP contribution in [-0.4, -0.2) is 42.4 Å². The number of ether oxygens (including phenoxy) is 1. The molecule has 1 atom stereocenters. The summed E-state index contributed by atoms with van der Waals surface area (Å²) in [5.74, 6) is -0.262. The lowest BCUT2D eigenvalue weighted by atomic mass is 10.1. The predicted molar refractivity (Wildman–Crippen MR) is 66.4 cm³/mol. The molecule has 18 heavy (non-hydrogen) atoms. The van der Waals surface area contributed by atoms with E-state index in [-0.39, 0.29) is 25.0 Å². The average molecular weight is 254 g/mol. The Labute approximate surface area is 106 Å². The van der Waals surface area contributed by atoms with Crippen molar-refractivity contribution in [2.75, 3.05) is 26.4 Å². The summed E-state index contributed by atoms with van der Waals surface area (Å²) in [5, 5.41) is 9.28. The zero-order chi connectivity index (χ0) is 13.0. The van der Waals surface area contributed by atoms with Crippen molar-refractivity contribution in [3.8, 4) is 0 Å². The quantitative estimate of drug-likeness (QED) is 0.820. The summed E-state index contributed by atoms with van der Waals surface area (Å²) in [4.78, 5) is 2.15. The van der Waals surface area contributed by atoms with Crippen LogP contribution in [-0.2, 0) is 17.8 Å². The molecule has 1 aliphatic heterocycles. The molecule has 2 rings (SSSR count). The van der Waals surface area contributed by atoms with E-state index in [1.54, 1.807) is 12.1 Å². The lowest BCUT2D eigenvalue weighted by Gasteiger charge is -2.34. The summed E-state index contributed by atoms with van der Waals surface area (Å²) in [6, 6.07) is 5.02. The van der Waals surface area contributed by atoms with E-state index in [9.17, 15) is 9.50 Å². The fourth-order valence-corrected chi connectivity index (χ4v) is 2.18. The van der Waals surface area contributed by atoms with Gasteiger partial charge in [0.2, 0.25) is 0 Å². The summed E-state index contributed by atoms with van der Waals surface area (Å²) in [7, 11) is 0. The van der Waals surface area contributed by atoms with E-state index in [1.807, 2.05) is 0 Å². The lowest BCUT2D eigenvalue weighted by Crippen LogP contribution is -2.46. The number of halogens is 1. The first-order valence-electron chi connectivity index (χ1n) is 6.14. The molecule has 1 heterocycles. The molecule has 0 spiro atoms. The van der Waals surface area contributed by atoms with E-state index in [4.69, 9.17) is 10.5 Å². The van der Waals surface area contributed by atoms with E-state index in [0.717, 1.165) is 12.1 Å². The second kappa shape index (κ2) is 6.24. The van der Waals surface area contributed by atoms with E-state index >= 15 is 0 Å². The Morgan fingerprint density at radius 2 is 2.33 bits per heavy atom. The minimum absolute atomic E-state index is 0.0186. The van der Waals surface area contributed by atoms with E-state index in [1.165, 1.54) is 6.07 Å². The van der Waals surface area contributed by atoms with Gasteiger partial charge >= 0.3 is 0 Å². The molecule has 1 aromatic rings. The molecule has 0 aliphatic carbocycles. The first-order valence-corrected chi connectivity index (χ1v) is 6.14. The van der Waals surface area contributed by atoms with Crippen molar-refractivity contribution in [1.29, 1.82) is 0 Å². The number of hydrogen-bond acceptors (Lipinski definition) is 4. The highest BCUT2D eigenvalue weighted by atomic mass is 19.1. The molecule has 100 valence electrons. The topological polar surface area (TPSA) is 58.7 Å². The van der Waals surface area contributed by atoms with Crippen molar-refractivity contribution < 1.29 is 14.2 Å². The summed E-state index contributed by atoms with van der Waals surface area (Å²) in [5.41, 5.74) is 7.03. The molecule has 0 radical (unpaired) electrons. The molecule has 1 aromatic carbocycles. The Morgan fingerprint density at radius 1 is 1.50 bits per heavy atom. The molecule has 0 bridgehead atoms. The molecule has 1 saturated heterocycles. The average Bonchev–Trinajstić information content (AvgIpc) is 2.41. The molecular formula is C13H19FN2O2. The van der Waals surface area contributed by atoms with Crippen LogP contribution in [0.1, 0.15) is 11.1 Å². The maximum atomic E-state index is 13.3. The van der Waals surface area contributed by atoms with Gasteiger partial charge in [0.15, 0.2) is 0 Å². The van der Waals surface area contributed by atoms with Crippen LogP contribution in [0.5, 0.6) is 0 Å². The van der Waals surface area contributed by atoms with E-state index in [0.29, 0.717) is 25.3 Å². The second-order valence-electron chi connectivity index (χ2n) is 4.51. The van der Waals surface area contributed by atoms with Gasteiger partial charge in [0, 0.05) is 25.2 Å². The predicted octanol–water partition coefficient (Wildman–Crippen LogP) is 0.478. The normalized spacial score (nSPS) is 21.2. The third-order valence-corrected chi connectivity index (χ3v) is 3.28. The van der Waals surface area contributed by atoms with Crippen molar-refractivity contribution >= 4 is 0 Å². The van der Waals surface area contributed by atoms with E-state index in [2.05, 4.69) is 4.90 Å². The van der Waals surface area contributed by atoms with Gasteiger partial charge in [0.25, 0.3) is 0 Å². The van der Waals surface area contributed by atoms with Crippen LogP contribution in [0, 0.1) is 5.82 Å². The Balaban J connectivity index is 2.07. The highest BCUT2D eigenvalue weighted by Crippen LogP contribution is 2.15. The summed E-state index contributed by atoms with van der Waals surface area (Å²) < 4.78 is 18.7. The van der Waals surface area contributed by atoms with Gasteiger partial charge in [-0.1, -0.05) is 12.1 Å². The van der Waals surface area contributed by atoms with Crippen LogP contribution in [0.4, 0.5) is 4.39 Å². The minimum Gasteiger partial charge on any atom is -0.395 e. The summed E-state index contributed by atoms with van der Waals surface area (Å²) in [6.07, 6.45) is 0. The van der Waals surface area contributed by atoms with Crippen molar-refractivity contribution in [2.45, 2.75) is 19.1 Å². The van der Waals surface area contributed by atoms with Crippen molar-refractivity contribution in [3.05, 3.63) is 35.1 Å². The van der Waals surface area contributed by atoms with Gasteiger partial charge in [-0.3, -0.25) is 4.90 Å². The zero-order valence-electron chi connectivity index (χ0n) is 10.3. The number of rotatable bonds is 4. The standard InChI is InChI=1S/C13H19FN2O2/c14-13-2-1-10(5-11(13)6-15)7-16-3-4-18-9-12(16)8-17/h1-2,5,12,17H,3-4,6-9,15H2. The number of aliphatic hydroxyl groups is 1. The van der Waals surface area contributed by atoms with Crippen LogP contribution in [0.25, 0.3) is 0 Å². The minimum atomic E-state index is -0.262. The van der Waals surface area contributed by atoms with Gasteiger partial charge in [0.05, 0.1) is 25.9 Å². The smallest absolute Gasteiger partial charge is 0.127 e. The van der Waals surface area contributed by atoms with Crippen LogP contribution in [0.3, 0.4) is 0 Å². The van der Waals surface area contributed by atoms with Crippen LogP contribution >= 0.6 is 0 Å². The largest absolute Gasteiger partial charge is 0.395 e. The van der Waals surface area contributed by atoms with Gasteiger partial charge in [-0.25, -0.2) is 4.39 Å². The Hall–Kier alpha value is -1.01. The number of morpholine rings is 1. The summed E-state index contributed by atoms with van der Waals surface area (Å²) >= 11 is 0. The molecule has 1 unspecified atom stereocenters. The molecule has 1 fully saturated rings. The number of nitrogens with zero attached hydrogens (tertiary/aromatic N) is 1. The monoisotopic (exact) mass is 254 g/mol. The maximum Gasteiger partial charge on any atom is 0.127 e. The Morgan fingerprint density at radius 3 is 3.06 bits per heavy atom. The lowest BCUT2D eigenvalue weighted by molar-refractivity contribution is -0.0312. The van der Waals surface area contributed by atoms with Gasteiger partial charge in [0.1, 0.15) is 5.82 Å². The van der Waals surface area contributed by atoms with Gasteiger partial charge in [-0.05, 0) is 11.6 Å². The molecule has 0 amide bonds. The molecule has 4 nitrogen and oxygen atoms in total. The zero-order valence-corrected chi connectivity index (χ0v) is 10.3.